The SMILES string of the molecule is O=C1CSC(=O)N1CCN1C(=O)CC(N2C(=O)/C(=C/C=C/c3ccccc3)SC2=S)C1=O. The van der Waals surface area contributed by atoms with Gasteiger partial charge in [0.15, 0.2) is 0 Å². The van der Waals surface area contributed by atoms with E-state index in [1.807, 2.05) is 36.4 Å². The Balaban J connectivity index is 1.43. The van der Waals surface area contributed by atoms with Crippen LogP contribution in [-0.4, -0.2) is 72.8 Å². The van der Waals surface area contributed by atoms with E-state index in [0.717, 1.165) is 38.9 Å². The molecule has 3 aliphatic heterocycles. The molecule has 1 atom stereocenters. The summed E-state index contributed by atoms with van der Waals surface area (Å²) in [4.78, 5) is 65.2. The lowest BCUT2D eigenvalue weighted by Crippen LogP contribution is -2.46. The molecule has 0 radical (unpaired) electrons. The summed E-state index contributed by atoms with van der Waals surface area (Å²) in [6, 6.07) is 8.55. The summed E-state index contributed by atoms with van der Waals surface area (Å²) in [5.74, 6) is -1.73. The lowest BCUT2D eigenvalue weighted by atomic mass is 10.2. The zero-order valence-corrected chi connectivity index (χ0v) is 19.1. The summed E-state index contributed by atoms with van der Waals surface area (Å²) in [5.41, 5.74) is 0.972. The van der Waals surface area contributed by atoms with Gasteiger partial charge in [-0.1, -0.05) is 78.2 Å². The van der Waals surface area contributed by atoms with E-state index in [4.69, 9.17) is 12.2 Å². The first kappa shape index (κ1) is 22.4. The molecule has 5 amide bonds. The third-order valence-corrected chi connectivity index (χ3v) is 7.29. The van der Waals surface area contributed by atoms with Gasteiger partial charge in [-0.2, -0.15) is 0 Å². The summed E-state index contributed by atoms with van der Waals surface area (Å²) in [5, 5.41) is -0.392. The van der Waals surface area contributed by atoms with Gasteiger partial charge in [0.2, 0.25) is 11.8 Å². The molecular formula is C21H17N3O5S3. The first-order valence-corrected chi connectivity index (χ1v) is 11.9. The van der Waals surface area contributed by atoms with Crippen LogP contribution in [0.5, 0.6) is 0 Å². The van der Waals surface area contributed by atoms with E-state index in [0.29, 0.717) is 4.91 Å². The van der Waals surface area contributed by atoms with Crippen LogP contribution in [0.2, 0.25) is 0 Å². The number of hydrogen-bond donors (Lipinski definition) is 0. The number of rotatable bonds is 6. The summed E-state index contributed by atoms with van der Waals surface area (Å²) in [7, 11) is 0. The zero-order valence-electron chi connectivity index (χ0n) is 16.6. The normalized spacial score (nSPS) is 23.2. The monoisotopic (exact) mass is 487 g/mol. The van der Waals surface area contributed by atoms with E-state index in [9.17, 15) is 24.0 Å². The topological polar surface area (TPSA) is 95.1 Å². The molecule has 0 saturated carbocycles. The van der Waals surface area contributed by atoms with Crippen molar-refractivity contribution < 1.29 is 24.0 Å². The Hall–Kier alpha value is -2.76. The van der Waals surface area contributed by atoms with Gasteiger partial charge >= 0.3 is 0 Å². The molecule has 164 valence electrons. The van der Waals surface area contributed by atoms with Gasteiger partial charge in [-0.3, -0.25) is 38.7 Å². The Bertz CT molecular complexity index is 1070. The fraction of sp³-hybridized carbons (Fsp3) is 0.238. The number of likely N-dealkylation sites (tertiary alicyclic amines) is 1. The van der Waals surface area contributed by atoms with E-state index in [1.165, 1.54) is 4.90 Å². The number of benzene rings is 1. The molecule has 1 unspecified atom stereocenters. The molecular weight excluding hydrogens is 470 g/mol. The van der Waals surface area contributed by atoms with Crippen molar-refractivity contribution in [3.05, 3.63) is 53.0 Å². The molecule has 4 rings (SSSR count). The molecule has 8 nitrogen and oxygen atoms in total. The first-order chi connectivity index (χ1) is 15.4. The number of nitrogens with zero attached hydrogens (tertiary/aromatic N) is 3. The highest BCUT2D eigenvalue weighted by molar-refractivity contribution is 8.26. The Morgan fingerprint density at radius 3 is 2.41 bits per heavy atom. The Morgan fingerprint density at radius 1 is 1.00 bits per heavy atom. The number of thiocarbonyl (C=S) groups is 1. The highest BCUT2D eigenvalue weighted by Crippen LogP contribution is 2.35. The number of hydrogen-bond acceptors (Lipinski definition) is 8. The number of allylic oxidation sites excluding steroid dienone is 2. The van der Waals surface area contributed by atoms with E-state index >= 15 is 0 Å². The first-order valence-electron chi connectivity index (χ1n) is 9.67. The average molecular weight is 488 g/mol. The lowest BCUT2D eigenvalue weighted by molar-refractivity contribution is -0.141. The molecule has 3 heterocycles. The molecule has 3 aliphatic rings. The molecule has 3 saturated heterocycles. The summed E-state index contributed by atoms with van der Waals surface area (Å²) in [6.07, 6.45) is 5.03. The van der Waals surface area contributed by atoms with Crippen molar-refractivity contribution in [1.82, 2.24) is 14.7 Å². The summed E-state index contributed by atoms with van der Waals surface area (Å²) in [6.45, 7) is -0.159. The fourth-order valence-corrected chi connectivity index (χ4v) is 5.53. The van der Waals surface area contributed by atoms with Gasteiger partial charge in [0.25, 0.3) is 17.1 Å². The molecule has 1 aromatic rings. The van der Waals surface area contributed by atoms with Gasteiger partial charge in [0, 0.05) is 13.1 Å². The van der Waals surface area contributed by atoms with Crippen LogP contribution >= 0.6 is 35.7 Å². The van der Waals surface area contributed by atoms with Gasteiger partial charge in [-0.25, -0.2) is 0 Å². The smallest absolute Gasteiger partial charge is 0.280 e. The third kappa shape index (κ3) is 4.41. The number of amides is 5. The number of carbonyl (C=O) groups is 5. The van der Waals surface area contributed by atoms with Crippen molar-refractivity contribution in [2.75, 3.05) is 18.8 Å². The van der Waals surface area contributed by atoms with E-state index in [2.05, 4.69) is 0 Å². The van der Waals surface area contributed by atoms with Crippen LogP contribution in [0.25, 0.3) is 6.08 Å². The van der Waals surface area contributed by atoms with Gasteiger partial charge in [0.05, 0.1) is 17.1 Å². The Morgan fingerprint density at radius 2 is 1.72 bits per heavy atom. The maximum atomic E-state index is 12.9. The van der Waals surface area contributed by atoms with E-state index < -0.39 is 29.0 Å². The van der Waals surface area contributed by atoms with Gasteiger partial charge in [-0.15, -0.1) is 0 Å². The fourth-order valence-electron chi connectivity index (χ4n) is 3.47. The van der Waals surface area contributed by atoms with Crippen molar-refractivity contribution in [2.24, 2.45) is 0 Å². The van der Waals surface area contributed by atoms with Crippen LogP contribution < -0.4 is 0 Å². The molecule has 11 heteroatoms. The Kier molecular flexibility index (Phi) is 6.58. The highest BCUT2D eigenvalue weighted by atomic mass is 32.2. The minimum atomic E-state index is -1.02. The average Bonchev–Trinajstić information content (AvgIpc) is 3.34. The molecule has 0 aromatic heterocycles. The molecule has 1 aromatic carbocycles. The third-order valence-electron chi connectivity index (χ3n) is 5.08. The van der Waals surface area contributed by atoms with Crippen molar-refractivity contribution in [3.63, 3.8) is 0 Å². The van der Waals surface area contributed by atoms with Crippen molar-refractivity contribution in [1.29, 1.82) is 0 Å². The lowest BCUT2D eigenvalue weighted by Gasteiger charge is -2.22. The van der Waals surface area contributed by atoms with Crippen LogP contribution in [0.3, 0.4) is 0 Å². The molecule has 32 heavy (non-hydrogen) atoms. The van der Waals surface area contributed by atoms with Crippen LogP contribution in [0.1, 0.15) is 12.0 Å². The predicted molar refractivity (Wildman–Crippen MR) is 125 cm³/mol. The zero-order chi connectivity index (χ0) is 22.8. The minimum absolute atomic E-state index is 0.0581. The van der Waals surface area contributed by atoms with Crippen LogP contribution in [0, 0.1) is 0 Å². The minimum Gasteiger partial charge on any atom is -0.280 e. The molecule has 0 spiro atoms. The number of thioether (sulfide) groups is 2. The highest BCUT2D eigenvalue weighted by Gasteiger charge is 2.48. The van der Waals surface area contributed by atoms with Gasteiger partial charge < -0.3 is 0 Å². The van der Waals surface area contributed by atoms with Crippen LogP contribution in [0.4, 0.5) is 4.79 Å². The van der Waals surface area contributed by atoms with Crippen molar-refractivity contribution in [3.8, 4) is 0 Å². The molecule has 0 bridgehead atoms. The standard InChI is InChI=1S/C21H17N3O5S3/c25-16-11-14(18(27)22(16)9-10-23-17(26)12-31-20(23)29)24-19(28)15(32-21(24)30)8-4-7-13-5-2-1-3-6-13/h1-8,14H,9-12H2/b7-4+,15-8-. The predicted octanol–water partition coefficient (Wildman–Crippen LogP) is 2.27. The van der Waals surface area contributed by atoms with Gasteiger partial charge in [0.1, 0.15) is 10.4 Å². The van der Waals surface area contributed by atoms with Crippen LogP contribution in [0.15, 0.2) is 47.4 Å². The molecule has 3 fully saturated rings. The second kappa shape index (κ2) is 9.39. The quantitative estimate of drug-likeness (QED) is 0.343. The van der Waals surface area contributed by atoms with E-state index in [-0.39, 0.29) is 35.5 Å². The second-order valence-corrected chi connectivity index (χ2v) is 9.65. The van der Waals surface area contributed by atoms with Crippen molar-refractivity contribution >= 4 is 75.0 Å². The number of carbonyl (C=O) groups excluding carboxylic acids is 5. The van der Waals surface area contributed by atoms with Crippen LogP contribution in [-0.2, 0) is 19.2 Å². The maximum absolute atomic E-state index is 12.9. The second-order valence-electron chi connectivity index (χ2n) is 7.05. The summed E-state index contributed by atoms with van der Waals surface area (Å²) >= 11 is 7.28. The number of imide groups is 2. The van der Waals surface area contributed by atoms with Crippen molar-refractivity contribution in [2.45, 2.75) is 12.5 Å². The molecule has 0 N–H and O–H groups in total. The largest absolute Gasteiger partial charge is 0.288 e. The Labute approximate surface area is 197 Å². The van der Waals surface area contributed by atoms with E-state index in [1.54, 1.807) is 12.2 Å². The maximum Gasteiger partial charge on any atom is 0.288 e. The molecule has 0 aliphatic carbocycles. The van der Waals surface area contributed by atoms with Gasteiger partial charge in [-0.05, 0) is 11.6 Å². The summed E-state index contributed by atoms with van der Waals surface area (Å²) < 4.78 is 0.212.